The molecule has 1 rings (SSSR count). The van der Waals surface area contributed by atoms with Gasteiger partial charge in [-0.25, -0.2) is 0 Å². The van der Waals surface area contributed by atoms with E-state index in [0.717, 1.165) is 0 Å². The van der Waals surface area contributed by atoms with Crippen LogP contribution in [0.1, 0.15) is 13.8 Å². The molecule has 1 unspecified atom stereocenters. The summed E-state index contributed by atoms with van der Waals surface area (Å²) < 4.78 is 10.2. The fourth-order valence-corrected chi connectivity index (χ4v) is 1.51. The fraction of sp³-hybridized carbons (Fsp3) is 1.00. The second-order valence-corrected chi connectivity index (χ2v) is 3.23. The second-order valence-electron chi connectivity index (χ2n) is 3.23. The first-order valence-electron chi connectivity index (χ1n) is 4.12. The molecule has 0 saturated carbocycles. The Balaban J connectivity index is 2.67. The Labute approximate surface area is 72.1 Å². The predicted octanol–water partition coefficient (Wildman–Crippen LogP) is -0.470. The largest absolute Gasteiger partial charge is 0.388 e. The van der Waals surface area contributed by atoms with Crippen LogP contribution < -0.4 is 0 Å². The number of hydrogen-bond donors (Lipinski definition) is 2. The van der Waals surface area contributed by atoms with Crippen LogP contribution in [0, 0.1) is 0 Å². The molecule has 12 heavy (non-hydrogen) atoms. The van der Waals surface area contributed by atoms with Crippen molar-refractivity contribution in [2.24, 2.45) is 0 Å². The molecule has 0 radical (unpaired) electrons. The lowest BCUT2D eigenvalue weighted by molar-refractivity contribution is -0.219. The van der Waals surface area contributed by atoms with Crippen LogP contribution in [0.2, 0.25) is 0 Å². The summed E-state index contributed by atoms with van der Waals surface area (Å²) in [6, 6.07) is 0. The van der Waals surface area contributed by atoms with Crippen molar-refractivity contribution in [2.45, 2.75) is 44.4 Å². The maximum Gasteiger partial charge on any atom is 0.114 e. The molecule has 0 spiro atoms. The Bertz CT molecular complexity index is 136. The van der Waals surface area contributed by atoms with Crippen LogP contribution in [-0.2, 0) is 9.47 Å². The maximum atomic E-state index is 9.52. The van der Waals surface area contributed by atoms with E-state index in [4.69, 9.17) is 9.47 Å². The Morgan fingerprint density at radius 3 is 1.83 bits per heavy atom. The standard InChI is InChI=1S/C8H16O4/c1-4-6(9)8(11-3)7(10)5(2)12-4/h4-10H,1-3H3/t4-,5-,6-,7+,8?/m0/s1. The Morgan fingerprint density at radius 2 is 1.50 bits per heavy atom. The molecule has 1 heterocycles. The molecule has 1 fully saturated rings. The van der Waals surface area contributed by atoms with Crippen molar-refractivity contribution in [2.75, 3.05) is 7.11 Å². The first-order chi connectivity index (χ1) is 5.57. The van der Waals surface area contributed by atoms with Crippen LogP contribution in [0.5, 0.6) is 0 Å². The molecule has 0 amide bonds. The molecule has 0 bridgehead atoms. The van der Waals surface area contributed by atoms with E-state index in [9.17, 15) is 10.2 Å². The minimum atomic E-state index is -0.749. The first-order valence-corrected chi connectivity index (χ1v) is 4.12. The zero-order valence-electron chi connectivity index (χ0n) is 7.60. The van der Waals surface area contributed by atoms with Crippen molar-refractivity contribution in [3.8, 4) is 0 Å². The molecule has 72 valence electrons. The second kappa shape index (κ2) is 3.70. The molecule has 4 nitrogen and oxygen atoms in total. The normalized spacial score (nSPS) is 49.2. The quantitative estimate of drug-likeness (QED) is 0.567. The van der Waals surface area contributed by atoms with Crippen molar-refractivity contribution < 1.29 is 19.7 Å². The lowest BCUT2D eigenvalue weighted by Crippen LogP contribution is -2.56. The van der Waals surface area contributed by atoms with Gasteiger partial charge in [0.2, 0.25) is 0 Å². The SMILES string of the molecule is COC1[C@@H](O)[C@H](C)O[C@@H](C)[C@H]1O. The van der Waals surface area contributed by atoms with Gasteiger partial charge in [0.1, 0.15) is 18.3 Å². The topological polar surface area (TPSA) is 58.9 Å². The lowest BCUT2D eigenvalue weighted by Gasteiger charge is -2.39. The highest BCUT2D eigenvalue weighted by atomic mass is 16.6. The van der Waals surface area contributed by atoms with E-state index in [1.54, 1.807) is 13.8 Å². The van der Waals surface area contributed by atoms with Gasteiger partial charge in [-0.3, -0.25) is 0 Å². The van der Waals surface area contributed by atoms with Crippen LogP contribution in [-0.4, -0.2) is 47.8 Å². The number of aliphatic hydroxyl groups excluding tert-OH is 2. The molecule has 0 aromatic carbocycles. The number of rotatable bonds is 1. The van der Waals surface area contributed by atoms with E-state index >= 15 is 0 Å². The maximum absolute atomic E-state index is 9.52. The van der Waals surface area contributed by atoms with Gasteiger partial charge in [-0.1, -0.05) is 0 Å². The third kappa shape index (κ3) is 1.61. The van der Waals surface area contributed by atoms with Gasteiger partial charge in [-0.05, 0) is 13.8 Å². The molecule has 1 aliphatic rings. The fourth-order valence-electron chi connectivity index (χ4n) is 1.51. The summed E-state index contributed by atoms with van der Waals surface area (Å²) in [6.45, 7) is 3.53. The number of methoxy groups -OCH3 is 1. The van der Waals surface area contributed by atoms with Gasteiger partial charge in [-0.2, -0.15) is 0 Å². The Hall–Kier alpha value is -0.160. The Kier molecular flexibility index (Phi) is 3.06. The summed E-state index contributed by atoms with van der Waals surface area (Å²) in [5.74, 6) is 0. The van der Waals surface area contributed by atoms with Crippen LogP contribution in [0.4, 0.5) is 0 Å². The van der Waals surface area contributed by atoms with E-state index in [1.807, 2.05) is 0 Å². The minimum Gasteiger partial charge on any atom is -0.388 e. The summed E-state index contributed by atoms with van der Waals surface area (Å²) in [5.41, 5.74) is 0. The highest BCUT2D eigenvalue weighted by Gasteiger charge is 2.40. The van der Waals surface area contributed by atoms with Gasteiger partial charge in [-0.15, -0.1) is 0 Å². The van der Waals surface area contributed by atoms with Crippen molar-refractivity contribution in [1.29, 1.82) is 0 Å². The zero-order chi connectivity index (χ0) is 9.30. The highest BCUT2D eigenvalue weighted by Crippen LogP contribution is 2.22. The lowest BCUT2D eigenvalue weighted by atomic mass is 9.96. The molecule has 4 heteroatoms. The summed E-state index contributed by atoms with van der Waals surface area (Å²) in [6.07, 6.45) is -2.60. The number of hydrogen-bond acceptors (Lipinski definition) is 4. The summed E-state index contributed by atoms with van der Waals surface area (Å²) >= 11 is 0. The summed E-state index contributed by atoms with van der Waals surface area (Å²) in [4.78, 5) is 0. The Morgan fingerprint density at radius 1 is 1.08 bits per heavy atom. The molecule has 5 atom stereocenters. The summed E-state index contributed by atoms with van der Waals surface area (Å²) in [5, 5.41) is 19.0. The van der Waals surface area contributed by atoms with E-state index in [-0.39, 0.29) is 12.2 Å². The molecular formula is C8H16O4. The zero-order valence-corrected chi connectivity index (χ0v) is 7.60. The third-order valence-corrected chi connectivity index (χ3v) is 2.34. The highest BCUT2D eigenvalue weighted by molar-refractivity contribution is 4.89. The van der Waals surface area contributed by atoms with Gasteiger partial charge in [0.15, 0.2) is 0 Å². The van der Waals surface area contributed by atoms with Crippen molar-refractivity contribution in [3.63, 3.8) is 0 Å². The third-order valence-electron chi connectivity index (χ3n) is 2.34. The van der Waals surface area contributed by atoms with Crippen LogP contribution >= 0.6 is 0 Å². The van der Waals surface area contributed by atoms with Crippen molar-refractivity contribution in [1.82, 2.24) is 0 Å². The van der Waals surface area contributed by atoms with Gasteiger partial charge >= 0.3 is 0 Å². The average molecular weight is 176 g/mol. The molecular weight excluding hydrogens is 160 g/mol. The monoisotopic (exact) mass is 176 g/mol. The average Bonchev–Trinajstić information content (AvgIpc) is 2.02. The number of ether oxygens (including phenoxy) is 2. The van der Waals surface area contributed by atoms with Crippen molar-refractivity contribution >= 4 is 0 Å². The summed E-state index contributed by atoms with van der Waals surface area (Å²) in [7, 11) is 1.47. The van der Waals surface area contributed by atoms with E-state index in [0.29, 0.717) is 0 Å². The minimum absolute atomic E-state index is 0.284. The van der Waals surface area contributed by atoms with Gasteiger partial charge in [0, 0.05) is 7.11 Å². The van der Waals surface area contributed by atoms with Crippen LogP contribution in [0.3, 0.4) is 0 Å². The van der Waals surface area contributed by atoms with Crippen LogP contribution in [0.25, 0.3) is 0 Å². The smallest absolute Gasteiger partial charge is 0.114 e. The predicted molar refractivity (Wildman–Crippen MR) is 42.8 cm³/mol. The van der Waals surface area contributed by atoms with E-state index in [2.05, 4.69) is 0 Å². The van der Waals surface area contributed by atoms with E-state index in [1.165, 1.54) is 7.11 Å². The molecule has 0 aromatic heterocycles. The molecule has 1 saturated heterocycles. The van der Waals surface area contributed by atoms with E-state index < -0.39 is 18.3 Å². The number of aliphatic hydroxyl groups is 2. The van der Waals surface area contributed by atoms with Gasteiger partial charge in [0.25, 0.3) is 0 Å². The molecule has 2 N–H and O–H groups in total. The van der Waals surface area contributed by atoms with Gasteiger partial charge < -0.3 is 19.7 Å². The van der Waals surface area contributed by atoms with Gasteiger partial charge in [0.05, 0.1) is 12.2 Å². The molecule has 0 aliphatic carbocycles. The van der Waals surface area contributed by atoms with Crippen molar-refractivity contribution in [3.05, 3.63) is 0 Å². The van der Waals surface area contributed by atoms with Crippen LogP contribution in [0.15, 0.2) is 0 Å². The first kappa shape index (κ1) is 9.92. The molecule has 0 aromatic rings. The molecule has 1 aliphatic heterocycles.